The lowest BCUT2D eigenvalue weighted by atomic mass is 10.1. The molecule has 0 saturated heterocycles. The number of hydrogen-bond donors (Lipinski definition) is 0. The number of esters is 1. The maximum Gasteiger partial charge on any atom is 0.337 e. The van der Waals surface area contributed by atoms with Crippen LogP contribution in [0.4, 0.5) is 0 Å². The summed E-state index contributed by atoms with van der Waals surface area (Å²) in [6.07, 6.45) is 0.685. The van der Waals surface area contributed by atoms with Gasteiger partial charge in [-0.3, -0.25) is 0 Å². The van der Waals surface area contributed by atoms with Gasteiger partial charge in [0.15, 0.2) is 0 Å². The molecule has 3 aromatic rings. The molecular weight excluding hydrogens is 365 g/mol. The Morgan fingerprint density at radius 2 is 1.92 bits per heavy atom. The molecular formula is C18H13Cl2NO2S. The van der Waals surface area contributed by atoms with Gasteiger partial charge in [-0.1, -0.05) is 35.3 Å². The highest BCUT2D eigenvalue weighted by Crippen LogP contribution is 2.31. The number of carbonyl (C=O) groups is 1. The predicted octanol–water partition coefficient (Wildman–Crippen LogP) is 5.49. The lowest BCUT2D eigenvalue weighted by molar-refractivity contribution is 0.0600. The monoisotopic (exact) mass is 377 g/mol. The van der Waals surface area contributed by atoms with E-state index < -0.39 is 0 Å². The second kappa shape index (κ2) is 7.34. The number of aromatic nitrogens is 1. The number of hydrogen-bond acceptors (Lipinski definition) is 4. The molecule has 0 radical (unpaired) electrons. The van der Waals surface area contributed by atoms with Gasteiger partial charge in [0.2, 0.25) is 0 Å². The summed E-state index contributed by atoms with van der Waals surface area (Å²) in [5, 5.41) is 4.18. The zero-order valence-electron chi connectivity index (χ0n) is 12.8. The molecule has 3 nitrogen and oxygen atoms in total. The summed E-state index contributed by atoms with van der Waals surface area (Å²) >= 11 is 13.8. The summed E-state index contributed by atoms with van der Waals surface area (Å²) in [7, 11) is 1.37. The Morgan fingerprint density at radius 1 is 1.17 bits per heavy atom. The molecule has 6 heteroatoms. The van der Waals surface area contributed by atoms with Crippen molar-refractivity contribution in [1.29, 1.82) is 0 Å². The molecule has 0 N–H and O–H groups in total. The Balaban J connectivity index is 1.79. The molecule has 0 amide bonds. The van der Waals surface area contributed by atoms with Crippen molar-refractivity contribution in [2.24, 2.45) is 0 Å². The molecule has 0 spiro atoms. The Morgan fingerprint density at radius 3 is 2.62 bits per heavy atom. The number of thiazole rings is 1. The predicted molar refractivity (Wildman–Crippen MR) is 98.2 cm³/mol. The SMILES string of the molecule is COC(=O)c1ccc(Cc2nc(-c3cc(Cl)ccc3Cl)cs2)cc1. The van der Waals surface area contributed by atoms with Crippen LogP contribution in [0.3, 0.4) is 0 Å². The fourth-order valence-corrected chi connectivity index (χ4v) is 3.48. The average molecular weight is 378 g/mol. The van der Waals surface area contributed by atoms with Gasteiger partial charge in [-0.25, -0.2) is 9.78 Å². The van der Waals surface area contributed by atoms with Crippen LogP contribution in [0, 0.1) is 0 Å². The molecule has 2 aromatic carbocycles. The van der Waals surface area contributed by atoms with E-state index >= 15 is 0 Å². The van der Waals surface area contributed by atoms with Crippen molar-refractivity contribution >= 4 is 40.5 Å². The molecule has 0 bridgehead atoms. The molecule has 122 valence electrons. The number of benzene rings is 2. The molecule has 24 heavy (non-hydrogen) atoms. The summed E-state index contributed by atoms with van der Waals surface area (Å²) < 4.78 is 4.70. The lowest BCUT2D eigenvalue weighted by Crippen LogP contribution is -2.00. The Hall–Kier alpha value is -1.88. The quantitative estimate of drug-likeness (QED) is 0.563. The number of nitrogens with zero attached hydrogens (tertiary/aromatic N) is 1. The maximum absolute atomic E-state index is 11.4. The van der Waals surface area contributed by atoms with E-state index in [-0.39, 0.29) is 5.97 Å². The van der Waals surface area contributed by atoms with Gasteiger partial charge < -0.3 is 4.74 Å². The van der Waals surface area contributed by atoms with Crippen LogP contribution < -0.4 is 0 Å². The van der Waals surface area contributed by atoms with E-state index in [2.05, 4.69) is 4.98 Å². The van der Waals surface area contributed by atoms with Crippen LogP contribution in [0.15, 0.2) is 47.8 Å². The Bertz CT molecular complexity index is 875. The van der Waals surface area contributed by atoms with Crippen LogP contribution in [0.25, 0.3) is 11.3 Å². The van der Waals surface area contributed by atoms with Crippen molar-refractivity contribution in [2.45, 2.75) is 6.42 Å². The molecule has 0 aliphatic heterocycles. The van der Waals surface area contributed by atoms with Gasteiger partial charge in [0, 0.05) is 22.4 Å². The highest BCUT2D eigenvalue weighted by Gasteiger charge is 2.10. The highest BCUT2D eigenvalue weighted by atomic mass is 35.5. The smallest absolute Gasteiger partial charge is 0.337 e. The molecule has 0 unspecified atom stereocenters. The largest absolute Gasteiger partial charge is 0.465 e. The third-order valence-corrected chi connectivity index (χ3v) is 4.90. The average Bonchev–Trinajstić information content (AvgIpc) is 3.05. The summed E-state index contributed by atoms with van der Waals surface area (Å²) in [4.78, 5) is 16.1. The van der Waals surface area contributed by atoms with Gasteiger partial charge in [-0.2, -0.15) is 0 Å². The fourth-order valence-electron chi connectivity index (χ4n) is 2.26. The lowest BCUT2D eigenvalue weighted by Gasteiger charge is -2.02. The van der Waals surface area contributed by atoms with Gasteiger partial charge in [-0.05, 0) is 35.9 Å². The van der Waals surface area contributed by atoms with E-state index in [1.54, 1.807) is 35.6 Å². The molecule has 1 heterocycles. The molecule has 0 saturated carbocycles. The van der Waals surface area contributed by atoms with E-state index in [0.29, 0.717) is 22.0 Å². The van der Waals surface area contributed by atoms with Crippen LogP contribution in [-0.2, 0) is 11.2 Å². The Kier molecular flexibility index (Phi) is 5.19. The summed E-state index contributed by atoms with van der Waals surface area (Å²) in [5.41, 5.74) is 3.24. The zero-order chi connectivity index (χ0) is 17.1. The van der Waals surface area contributed by atoms with Crippen LogP contribution >= 0.6 is 34.5 Å². The number of ether oxygens (including phenoxy) is 1. The van der Waals surface area contributed by atoms with Crippen molar-refractivity contribution in [3.8, 4) is 11.3 Å². The van der Waals surface area contributed by atoms with Crippen molar-refractivity contribution < 1.29 is 9.53 Å². The standard InChI is InChI=1S/C18H13Cl2NO2S/c1-23-18(22)12-4-2-11(3-5-12)8-17-21-16(10-24-17)14-9-13(19)6-7-15(14)20/h2-7,9-10H,8H2,1H3. The minimum atomic E-state index is -0.339. The molecule has 0 atom stereocenters. The number of carbonyl (C=O) groups excluding carboxylic acids is 1. The molecule has 0 aliphatic rings. The van der Waals surface area contributed by atoms with Gasteiger partial charge in [-0.15, -0.1) is 11.3 Å². The second-order valence-corrected chi connectivity index (χ2v) is 6.90. The first-order valence-corrected chi connectivity index (χ1v) is 8.77. The van der Waals surface area contributed by atoms with E-state index in [0.717, 1.165) is 21.8 Å². The van der Waals surface area contributed by atoms with Gasteiger partial charge in [0.1, 0.15) is 0 Å². The van der Waals surface area contributed by atoms with E-state index in [1.165, 1.54) is 7.11 Å². The third kappa shape index (κ3) is 3.78. The summed E-state index contributed by atoms with van der Waals surface area (Å²) in [6.45, 7) is 0. The normalized spacial score (nSPS) is 10.6. The molecule has 0 fully saturated rings. The minimum Gasteiger partial charge on any atom is -0.465 e. The first-order valence-electron chi connectivity index (χ1n) is 7.14. The highest BCUT2D eigenvalue weighted by molar-refractivity contribution is 7.10. The second-order valence-electron chi connectivity index (χ2n) is 5.12. The topological polar surface area (TPSA) is 39.2 Å². The van der Waals surface area contributed by atoms with Crippen LogP contribution in [0.5, 0.6) is 0 Å². The van der Waals surface area contributed by atoms with Crippen molar-refractivity contribution in [1.82, 2.24) is 4.98 Å². The molecule has 0 aliphatic carbocycles. The van der Waals surface area contributed by atoms with Crippen molar-refractivity contribution in [3.63, 3.8) is 0 Å². The summed E-state index contributed by atoms with van der Waals surface area (Å²) in [5.74, 6) is -0.339. The zero-order valence-corrected chi connectivity index (χ0v) is 15.1. The van der Waals surface area contributed by atoms with Crippen LogP contribution in [0.1, 0.15) is 20.9 Å². The van der Waals surface area contributed by atoms with Crippen molar-refractivity contribution in [3.05, 3.63) is 74.0 Å². The van der Waals surface area contributed by atoms with Gasteiger partial charge in [0.05, 0.1) is 28.4 Å². The van der Waals surface area contributed by atoms with Gasteiger partial charge >= 0.3 is 5.97 Å². The van der Waals surface area contributed by atoms with E-state index in [9.17, 15) is 4.79 Å². The van der Waals surface area contributed by atoms with Crippen molar-refractivity contribution in [2.75, 3.05) is 7.11 Å². The maximum atomic E-state index is 11.4. The molecule has 3 rings (SSSR count). The van der Waals surface area contributed by atoms with Gasteiger partial charge in [0.25, 0.3) is 0 Å². The Labute approximate surface area is 153 Å². The first-order chi connectivity index (χ1) is 11.6. The fraction of sp³-hybridized carbons (Fsp3) is 0.111. The molecule has 1 aromatic heterocycles. The number of methoxy groups -OCH3 is 1. The minimum absolute atomic E-state index is 0.339. The summed E-state index contributed by atoms with van der Waals surface area (Å²) in [6, 6.07) is 12.6. The van der Waals surface area contributed by atoms with E-state index in [1.807, 2.05) is 23.6 Å². The third-order valence-electron chi connectivity index (χ3n) is 3.49. The first kappa shape index (κ1) is 17.0. The van der Waals surface area contributed by atoms with E-state index in [4.69, 9.17) is 27.9 Å². The number of rotatable bonds is 4. The van der Waals surface area contributed by atoms with Crippen LogP contribution in [-0.4, -0.2) is 18.1 Å². The van der Waals surface area contributed by atoms with Crippen LogP contribution in [0.2, 0.25) is 10.0 Å². The number of halogens is 2.